The summed E-state index contributed by atoms with van der Waals surface area (Å²) in [7, 11) is 0. The molecule has 19 heavy (non-hydrogen) atoms. The number of hydrogen-bond donors (Lipinski definition) is 2. The average Bonchev–Trinajstić information content (AvgIpc) is 2.82. The van der Waals surface area contributed by atoms with Crippen LogP contribution in [0.5, 0.6) is 5.75 Å². The maximum Gasteiger partial charge on any atom is 0.134 e. The summed E-state index contributed by atoms with van der Waals surface area (Å²) in [5.41, 5.74) is 8.01. The molecule has 3 nitrogen and oxygen atoms in total. The van der Waals surface area contributed by atoms with Gasteiger partial charge in [-0.3, -0.25) is 0 Å². The van der Waals surface area contributed by atoms with E-state index in [0.717, 1.165) is 22.3 Å². The van der Waals surface area contributed by atoms with Crippen molar-refractivity contribution in [2.45, 2.75) is 12.5 Å². The summed E-state index contributed by atoms with van der Waals surface area (Å²) in [5, 5.41) is 10.5. The van der Waals surface area contributed by atoms with E-state index in [-0.39, 0.29) is 11.8 Å². The summed E-state index contributed by atoms with van der Waals surface area (Å²) in [6, 6.07) is 16.7. The second-order valence-electron chi connectivity index (χ2n) is 4.67. The van der Waals surface area contributed by atoms with Crippen molar-refractivity contribution in [2.75, 3.05) is 0 Å². The Kier molecular flexibility index (Phi) is 2.97. The van der Waals surface area contributed by atoms with Crippen LogP contribution in [-0.4, -0.2) is 5.11 Å². The minimum absolute atomic E-state index is 0.214. The zero-order chi connectivity index (χ0) is 13.2. The van der Waals surface area contributed by atoms with Crippen molar-refractivity contribution in [3.63, 3.8) is 0 Å². The maximum absolute atomic E-state index is 9.45. The summed E-state index contributed by atoms with van der Waals surface area (Å²) < 4.78 is 5.74. The first-order valence-corrected chi connectivity index (χ1v) is 6.24. The minimum atomic E-state index is -0.214. The highest BCUT2D eigenvalue weighted by Gasteiger charge is 2.12. The fraction of sp³-hybridized carbons (Fsp3) is 0.125. The number of phenols is 1. The zero-order valence-corrected chi connectivity index (χ0v) is 10.4. The number of furan rings is 1. The Morgan fingerprint density at radius 1 is 1.05 bits per heavy atom. The van der Waals surface area contributed by atoms with Gasteiger partial charge >= 0.3 is 0 Å². The van der Waals surface area contributed by atoms with E-state index in [1.54, 1.807) is 12.1 Å². The van der Waals surface area contributed by atoms with E-state index in [2.05, 4.69) is 0 Å². The van der Waals surface area contributed by atoms with Gasteiger partial charge in [0.15, 0.2) is 0 Å². The zero-order valence-electron chi connectivity index (χ0n) is 10.4. The summed E-state index contributed by atoms with van der Waals surface area (Å²) in [6.07, 6.45) is 0.633. The van der Waals surface area contributed by atoms with Gasteiger partial charge < -0.3 is 15.3 Å². The molecule has 96 valence electrons. The molecule has 1 aromatic heterocycles. The number of rotatable bonds is 3. The quantitative estimate of drug-likeness (QED) is 0.752. The molecule has 1 heterocycles. The van der Waals surface area contributed by atoms with Gasteiger partial charge in [0.05, 0.1) is 6.04 Å². The molecule has 0 fully saturated rings. The lowest BCUT2D eigenvalue weighted by molar-refractivity contribution is 0.471. The molecule has 3 aromatic rings. The summed E-state index contributed by atoms with van der Waals surface area (Å²) in [4.78, 5) is 0. The van der Waals surface area contributed by atoms with E-state index in [0.29, 0.717) is 6.42 Å². The van der Waals surface area contributed by atoms with Crippen molar-refractivity contribution in [2.24, 2.45) is 5.73 Å². The number of phenolic OH excluding ortho intramolecular Hbond substituents is 1. The SMILES string of the molecule is NC(Cc1cccc(O)c1)c1cc2ccccc2o1. The third-order valence-electron chi connectivity index (χ3n) is 3.18. The van der Waals surface area contributed by atoms with Crippen LogP contribution in [0.15, 0.2) is 59.0 Å². The lowest BCUT2D eigenvalue weighted by Gasteiger charge is -2.08. The molecule has 0 saturated carbocycles. The largest absolute Gasteiger partial charge is 0.508 e. The van der Waals surface area contributed by atoms with Crippen molar-refractivity contribution >= 4 is 11.0 Å². The topological polar surface area (TPSA) is 59.4 Å². The highest BCUT2D eigenvalue weighted by molar-refractivity contribution is 5.77. The predicted octanol–water partition coefficient (Wildman–Crippen LogP) is 3.38. The fourth-order valence-electron chi connectivity index (χ4n) is 2.22. The second kappa shape index (κ2) is 4.78. The highest BCUT2D eigenvalue weighted by Crippen LogP contribution is 2.25. The van der Waals surface area contributed by atoms with E-state index < -0.39 is 0 Å². The summed E-state index contributed by atoms with van der Waals surface area (Å²) in [5.74, 6) is 1.03. The molecule has 1 unspecified atom stereocenters. The first-order chi connectivity index (χ1) is 9.22. The van der Waals surface area contributed by atoms with Crippen molar-refractivity contribution in [3.05, 3.63) is 65.9 Å². The van der Waals surface area contributed by atoms with Gasteiger partial charge in [0, 0.05) is 5.39 Å². The lowest BCUT2D eigenvalue weighted by atomic mass is 10.0. The van der Waals surface area contributed by atoms with Gasteiger partial charge in [-0.25, -0.2) is 0 Å². The Balaban J connectivity index is 1.85. The van der Waals surface area contributed by atoms with Gasteiger partial charge in [-0.15, -0.1) is 0 Å². The van der Waals surface area contributed by atoms with E-state index in [1.807, 2.05) is 42.5 Å². The van der Waals surface area contributed by atoms with Crippen LogP contribution in [0.4, 0.5) is 0 Å². The van der Waals surface area contributed by atoms with Gasteiger partial charge in [-0.05, 0) is 36.2 Å². The van der Waals surface area contributed by atoms with Gasteiger partial charge in [0.25, 0.3) is 0 Å². The van der Waals surface area contributed by atoms with Crippen LogP contribution in [-0.2, 0) is 6.42 Å². The first kappa shape index (κ1) is 11.8. The van der Waals surface area contributed by atoms with E-state index in [9.17, 15) is 5.11 Å². The molecule has 0 saturated heterocycles. The normalized spacial score (nSPS) is 12.7. The third-order valence-corrected chi connectivity index (χ3v) is 3.18. The average molecular weight is 253 g/mol. The molecule has 0 amide bonds. The van der Waals surface area contributed by atoms with E-state index in [4.69, 9.17) is 10.2 Å². The molecule has 3 rings (SSSR count). The molecule has 0 spiro atoms. The maximum atomic E-state index is 9.45. The molecular weight excluding hydrogens is 238 g/mol. The van der Waals surface area contributed by atoms with Crippen LogP contribution in [0.25, 0.3) is 11.0 Å². The van der Waals surface area contributed by atoms with Gasteiger partial charge in [0.2, 0.25) is 0 Å². The van der Waals surface area contributed by atoms with Gasteiger partial charge in [-0.1, -0.05) is 30.3 Å². The first-order valence-electron chi connectivity index (χ1n) is 6.24. The number of benzene rings is 2. The number of aromatic hydroxyl groups is 1. The Morgan fingerprint density at radius 3 is 2.68 bits per heavy atom. The molecule has 2 aromatic carbocycles. The van der Waals surface area contributed by atoms with Crippen LogP contribution in [0, 0.1) is 0 Å². The number of hydrogen-bond acceptors (Lipinski definition) is 3. The smallest absolute Gasteiger partial charge is 0.134 e. The highest BCUT2D eigenvalue weighted by atomic mass is 16.3. The molecule has 0 aliphatic heterocycles. The minimum Gasteiger partial charge on any atom is -0.508 e. The molecule has 0 radical (unpaired) electrons. The second-order valence-corrected chi connectivity index (χ2v) is 4.67. The van der Waals surface area contributed by atoms with Crippen LogP contribution in [0.2, 0.25) is 0 Å². The number of fused-ring (bicyclic) bond motifs is 1. The van der Waals surface area contributed by atoms with E-state index in [1.165, 1.54) is 0 Å². The molecule has 3 N–H and O–H groups in total. The molecule has 0 aliphatic carbocycles. The Hall–Kier alpha value is -2.26. The monoisotopic (exact) mass is 253 g/mol. The van der Waals surface area contributed by atoms with Crippen LogP contribution >= 0.6 is 0 Å². The van der Waals surface area contributed by atoms with Crippen LogP contribution < -0.4 is 5.73 Å². The van der Waals surface area contributed by atoms with Crippen molar-refractivity contribution in [1.29, 1.82) is 0 Å². The molecule has 1 atom stereocenters. The molecular formula is C16H15NO2. The lowest BCUT2D eigenvalue weighted by Crippen LogP contribution is -2.12. The number of nitrogens with two attached hydrogens (primary N) is 1. The van der Waals surface area contributed by atoms with Crippen molar-refractivity contribution < 1.29 is 9.52 Å². The Morgan fingerprint density at radius 2 is 1.89 bits per heavy atom. The third kappa shape index (κ3) is 2.46. The Bertz CT molecular complexity index is 670. The summed E-state index contributed by atoms with van der Waals surface area (Å²) >= 11 is 0. The fourth-order valence-corrected chi connectivity index (χ4v) is 2.22. The molecule has 0 bridgehead atoms. The van der Waals surface area contributed by atoms with Gasteiger partial charge in [0.1, 0.15) is 17.1 Å². The standard InChI is InChI=1S/C16H15NO2/c17-14(9-11-4-3-6-13(18)8-11)16-10-12-5-1-2-7-15(12)19-16/h1-8,10,14,18H,9,17H2. The van der Waals surface area contributed by atoms with Crippen LogP contribution in [0.3, 0.4) is 0 Å². The molecule has 0 aliphatic rings. The van der Waals surface area contributed by atoms with Crippen molar-refractivity contribution in [1.82, 2.24) is 0 Å². The predicted molar refractivity (Wildman–Crippen MR) is 75.0 cm³/mol. The number of para-hydroxylation sites is 1. The van der Waals surface area contributed by atoms with Gasteiger partial charge in [-0.2, -0.15) is 0 Å². The van der Waals surface area contributed by atoms with Crippen molar-refractivity contribution in [3.8, 4) is 5.75 Å². The Labute approximate surface area is 111 Å². The van der Waals surface area contributed by atoms with E-state index >= 15 is 0 Å². The molecule has 3 heteroatoms. The summed E-state index contributed by atoms with van der Waals surface area (Å²) in [6.45, 7) is 0. The van der Waals surface area contributed by atoms with Crippen LogP contribution in [0.1, 0.15) is 17.4 Å².